The van der Waals surface area contributed by atoms with Crippen LogP contribution in [0.3, 0.4) is 0 Å². The zero-order valence-electron chi connectivity index (χ0n) is 37.4. The summed E-state index contributed by atoms with van der Waals surface area (Å²) in [4.78, 5) is 11.7. The van der Waals surface area contributed by atoms with Gasteiger partial charge in [-0.15, -0.1) is 0 Å². The van der Waals surface area contributed by atoms with E-state index in [0.29, 0.717) is 106 Å². The standard InChI is InChI=1S/C40H82NO15P3/c1-8-19-48-57-50-26-16-22-44-31-40(30-43-7,32-45-23-17-27-51-58-49-20-9-2)33-46-24-18-29-54-59(52-21-10-3)53-28-15-13-12-14-25-47-39-37(41)38(55-35(6)42)34(5)36(11-4)56-39/h34,36-39,57-58H,8-33,41H2,1-7H3/t34-,36?,37?,38?,39+,59?/m0/s1. The largest absolute Gasteiger partial charge is 0.460 e. The van der Waals surface area contributed by atoms with Gasteiger partial charge in [0.15, 0.2) is 24.4 Å². The van der Waals surface area contributed by atoms with Crippen molar-refractivity contribution in [2.45, 2.75) is 137 Å². The van der Waals surface area contributed by atoms with E-state index >= 15 is 0 Å². The Labute approximate surface area is 361 Å². The van der Waals surface area contributed by atoms with Crippen LogP contribution < -0.4 is 5.73 Å². The highest BCUT2D eigenvalue weighted by Crippen LogP contribution is 2.40. The summed E-state index contributed by atoms with van der Waals surface area (Å²) in [7, 11) is 0.337. The molecule has 0 aliphatic carbocycles. The van der Waals surface area contributed by atoms with Crippen LogP contribution in [-0.2, 0) is 69.6 Å². The van der Waals surface area contributed by atoms with E-state index in [1.807, 2.05) is 13.8 Å². The van der Waals surface area contributed by atoms with Gasteiger partial charge in [-0.2, -0.15) is 0 Å². The van der Waals surface area contributed by atoms with Crippen LogP contribution in [0.2, 0.25) is 0 Å². The van der Waals surface area contributed by atoms with Gasteiger partial charge in [-0.1, -0.05) is 47.5 Å². The summed E-state index contributed by atoms with van der Waals surface area (Å²) in [5.41, 5.74) is 5.91. The minimum Gasteiger partial charge on any atom is -0.460 e. The van der Waals surface area contributed by atoms with E-state index in [-0.39, 0.29) is 36.1 Å². The fourth-order valence-electron chi connectivity index (χ4n) is 5.92. The minimum atomic E-state index is -1.46. The Balaban J connectivity index is 2.44. The van der Waals surface area contributed by atoms with Crippen LogP contribution in [0.5, 0.6) is 0 Å². The van der Waals surface area contributed by atoms with E-state index in [0.717, 1.165) is 64.2 Å². The normalized spacial score (nSPS) is 21.5. The average molecular weight is 910 g/mol. The molecule has 1 fully saturated rings. The first kappa shape index (κ1) is 57.2. The molecule has 19 heteroatoms. The minimum absolute atomic E-state index is 0.00172. The maximum absolute atomic E-state index is 11.7. The molecule has 0 spiro atoms. The number of rotatable bonds is 43. The van der Waals surface area contributed by atoms with Crippen molar-refractivity contribution in [1.82, 2.24) is 0 Å². The van der Waals surface area contributed by atoms with E-state index in [4.69, 9.17) is 70.6 Å². The molecule has 2 N–H and O–H groups in total. The molecule has 0 bridgehead atoms. The van der Waals surface area contributed by atoms with Gasteiger partial charge in [0.05, 0.1) is 90.2 Å². The number of nitrogens with two attached hydrogens (primary N) is 1. The number of carbonyl (C=O) groups excluding carboxylic acids is 1. The summed E-state index contributed by atoms with van der Waals surface area (Å²) in [6.45, 7) is 19.5. The lowest BCUT2D eigenvalue weighted by Crippen LogP contribution is -2.59. The molecule has 6 unspecified atom stereocenters. The molecule has 59 heavy (non-hydrogen) atoms. The third kappa shape index (κ3) is 29.3. The maximum Gasteiger partial charge on any atom is 0.332 e. The first-order valence-corrected chi connectivity index (χ1v) is 24.6. The average Bonchev–Trinajstić information content (AvgIpc) is 3.22. The second-order valence-electron chi connectivity index (χ2n) is 14.7. The van der Waals surface area contributed by atoms with Gasteiger partial charge in [0, 0.05) is 46.4 Å². The zero-order chi connectivity index (χ0) is 43.2. The SMILES string of the molecule is CCCOPOCCCOCC(COC)(COCCCOPOCCC)COCCCOP(OCCC)OCCCCCCO[C@@H]1OC(CC)[C@H](C)C(OC(C)=O)C1N. The number of ether oxygens (including phenoxy) is 7. The van der Waals surface area contributed by atoms with Crippen LogP contribution in [0.15, 0.2) is 0 Å². The lowest BCUT2D eigenvalue weighted by atomic mass is 9.88. The highest BCUT2D eigenvalue weighted by molar-refractivity contribution is 7.41. The highest BCUT2D eigenvalue weighted by atomic mass is 31.2. The Morgan fingerprint density at radius 2 is 1.14 bits per heavy atom. The Bertz CT molecular complexity index is 931. The summed E-state index contributed by atoms with van der Waals surface area (Å²) >= 11 is 0. The topological polar surface area (TPSA) is 172 Å². The Morgan fingerprint density at radius 3 is 1.64 bits per heavy atom. The van der Waals surface area contributed by atoms with Gasteiger partial charge in [-0.05, 0) is 57.8 Å². The van der Waals surface area contributed by atoms with Crippen molar-refractivity contribution in [2.75, 3.05) is 106 Å². The second kappa shape index (κ2) is 39.8. The second-order valence-corrected chi connectivity index (χ2v) is 17.4. The molecule has 0 amide bonds. The third-order valence-electron chi connectivity index (χ3n) is 8.95. The van der Waals surface area contributed by atoms with E-state index in [9.17, 15) is 4.79 Å². The molecule has 0 aromatic heterocycles. The van der Waals surface area contributed by atoms with Gasteiger partial charge < -0.3 is 70.6 Å². The summed E-state index contributed by atoms with van der Waals surface area (Å²) in [6.07, 6.45) is 8.35. The van der Waals surface area contributed by atoms with Gasteiger partial charge >= 0.3 is 14.6 Å². The van der Waals surface area contributed by atoms with Crippen molar-refractivity contribution in [2.24, 2.45) is 17.1 Å². The molecule has 0 aromatic rings. The molecule has 1 heterocycles. The molecule has 1 saturated heterocycles. The van der Waals surface area contributed by atoms with Crippen LogP contribution >= 0.6 is 26.7 Å². The number of hydrogen-bond acceptors (Lipinski definition) is 16. The lowest BCUT2D eigenvalue weighted by molar-refractivity contribution is -0.248. The quantitative estimate of drug-likeness (QED) is 0.0354. The zero-order valence-corrected chi connectivity index (χ0v) is 40.3. The first-order chi connectivity index (χ1) is 28.8. The summed E-state index contributed by atoms with van der Waals surface area (Å²) in [6, 6.07) is -0.530. The fourth-order valence-corrected chi connectivity index (χ4v) is 8.22. The number of unbranched alkanes of at least 4 members (excludes halogenated alkanes) is 3. The maximum atomic E-state index is 11.7. The van der Waals surface area contributed by atoms with Crippen molar-refractivity contribution >= 4 is 32.6 Å². The summed E-state index contributed by atoms with van der Waals surface area (Å²) in [5, 5.41) is 0. The summed E-state index contributed by atoms with van der Waals surface area (Å²) < 4.78 is 81.5. The van der Waals surface area contributed by atoms with Gasteiger partial charge in [-0.3, -0.25) is 4.79 Å². The molecule has 352 valence electrons. The first-order valence-electron chi connectivity index (χ1n) is 21.8. The lowest BCUT2D eigenvalue weighted by Gasteiger charge is -2.43. The highest BCUT2D eigenvalue weighted by Gasteiger charge is 2.43. The van der Waals surface area contributed by atoms with Crippen LogP contribution in [0.25, 0.3) is 0 Å². The van der Waals surface area contributed by atoms with E-state index in [2.05, 4.69) is 20.8 Å². The molecule has 0 saturated carbocycles. The summed E-state index contributed by atoms with van der Waals surface area (Å²) in [5.74, 6) is -0.343. The van der Waals surface area contributed by atoms with Crippen LogP contribution in [0.4, 0.5) is 0 Å². The smallest absolute Gasteiger partial charge is 0.332 e. The molecule has 0 radical (unpaired) electrons. The van der Waals surface area contributed by atoms with Crippen molar-refractivity contribution in [3.8, 4) is 0 Å². The van der Waals surface area contributed by atoms with Gasteiger partial charge in [0.1, 0.15) is 6.10 Å². The third-order valence-corrected chi connectivity index (χ3v) is 11.4. The van der Waals surface area contributed by atoms with E-state index in [1.54, 1.807) is 7.11 Å². The van der Waals surface area contributed by atoms with Gasteiger partial charge in [-0.25, -0.2) is 0 Å². The van der Waals surface area contributed by atoms with E-state index < -0.39 is 32.5 Å². The van der Waals surface area contributed by atoms with Crippen molar-refractivity contribution in [3.63, 3.8) is 0 Å². The van der Waals surface area contributed by atoms with Crippen LogP contribution in [0, 0.1) is 11.3 Å². The molecular weight excluding hydrogens is 827 g/mol. The number of methoxy groups -OCH3 is 1. The van der Waals surface area contributed by atoms with Crippen molar-refractivity contribution in [3.05, 3.63) is 0 Å². The predicted molar refractivity (Wildman–Crippen MR) is 233 cm³/mol. The predicted octanol–water partition coefficient (Wildman–Crippen LogP) is 8.04. The van der Waals surface area contributed by atoms with Gasteiger partial charge in [0.2, 0.25) is 0 Å². The van der Waals surface area contributed by atoms with Crippen molar-refractivity contribution < 1.29 is 69.6 Å². The van der Waals surface area contributed by atoms with Crippen LogP contribution in [-0.4, -0.2) is 137 Å². The number of esters is 1. The molecule has 1 aliphatic rings. The Kier molecular flexibility index (Phi) is 38.6. The monoisotopic (exact) mass is 909 g/mol. The Morgan fingerprint density at radius 1 is 0.644 bits per heavy atom. The molecule has 16 nitrogen and oxygen atoms in total. The molecule has 1 aliphatic heterocycles. The molecule has 8 atom stereocenters. The number of carbonyl (C=O) groups is 1. The van der Waals surface area contributed by atoms with Crippen LogP contribution in [0.1, 0.15) is 112 Å². The Hall–Kier alpha value is 0.200. The van der Waals surface area contributed by atoms with Gasteiger partial charge in [0.25, 0.3) is 0 Å². The molecular formula is C40H82NO15P3. The van der Waals surface area contributed by atoms with E-state index in [1.165, 1.54) is 6.92 Å². The fraction of sp³-hybridized carbons (Fsp3) is 0.975. The number of hydrogen-bond donors (Lipinski definition) is 1. The molecule has 1 rings (SSSR count). The molecule has 0 aromatic carbocycles. The van der Waals surface area contributed by atoms with Crippen molar-refractivity contribution in [1.29, 1.82) is 0 Å².